The monoisotopic (exact) mass is 837 g/mol. The van der Waals surface area contributed by atoms with Crippen LogP contribution in [0.3, 0.4) is 0 Å². The highest BCUT2D eigenvalue weighted by molar-refractivity contribution is 7.25. The van der Waals surface area contributed by atoms with Crippen LogP contribution < -0.4 is 14.7 Å². The first-order valence-corrected chi connectivity index (χ1v) is 22.5. The standard InChI is InChI=1S/C60H43N3S/c1-6-19-44(20-7-1)45-33-35-52(36-34-45)62(50-26-12-4-13-27-50)56-41-47(40-55(42-56)61(48-22-8-2-9-23-48)49-24-10-3-11-25-49)46-21-18-30-53(39-46)63(51-28-14-5-15-29-51)54-37-38-60-58(43-54)57-31-16-17-32-59(57)64-60/h1-43H. The SMILES string of the molecule is c1ccc(-c2ccc(N(c3ccccc3)c3cc(-c4cccc(N(c5ccccc5)c5ccc6sc7ccccc7c6c5)c4)cc(N(c4ccccc4)c4ccccc4)c3)cc2)cc1. The van der Waals surface area contributed by atoms with Gasteiger partial charge in [-0.25, -0.2) is 0 Å². The number of hydrogen-bond donors (Lipinski definition) is 0. The van der Waals surface area contributed by atoms with E-state index in [1.807, 2.05) is 11.3 Å². The fraction of sp³-hybridized carbons (Fsp3) is 0. The Labute approximate surface area is 378 Å². The van der Waals surface area contributed by atoms with Crippen LogP contribution in [0.1, 0.15) is 0 Å². The van der Waals surface area contributed by atoms with Crippen molar-refractivity contribution in [2.45, 2.75) is 0 Å². The molecule has 0 saturated carbocycles. The first-order chi connectivity index (χ1) is 31.7. The van der Waals surface area contributed by atoms with Crippen molar-refractivity contribution in [2.75, 3.05) is 14.7 Å². The largest absolute Gasteiger partial charge is 0.310 e. The summed E-state index contributed by atoms with van der Waals surface area (Å²) in [5, 5.41) is 2.56. The van der Waals surface area contributed by atoms with E-state index in [0.29, 0.717) is 0 Å². The van der Waals surface area contributed by atoms with Crippen molar-refractivity contribution in [2.24, 2.45) is 0 Å². The fourth-order valence-electron chi connectivity index (χ4n) is 8.78. The van der Waals surface area contributed by atoms with Crippen LogP contribution >= 0.6 is 11.3 Å². The Bertz CT molecular complexity index is 3280. The summed E-state index contributed by atoms with van der Waals surface area (Å²) in [4.78, 5) is 7.11. The minimum Gasteiger partial charge on any atom is -0.310 e. The third kappa shape index (κ3) is 7.68. The van der Waals surface area contributed by atoms with Gasteiger partial charge in [0.2, 0.25) is 0 Å². The number of fused-ring (bicyclic) bond motifs is 3. The molecule has 0 saturated heterocycles. The summed E-state index contributed by atoms with van der Waals surface area (Å²) in [6.07, 6.45) is 0. The summed E-state index contributed by atoms with van der Waals surface area (Å²) in [7, 11) is 0. The van der Waals surface area contributed by atoms with E-state index in [1.54, 1.807) is 0 Å². The van der Waals surface area contributed by atoms with Crippen molar-refractivity contribution >= 4 is 82.7 Å². The molecule has 11 aromatic rings. The van der Waals surface area contributed by atoms with Crippen molar-refractivity contribution in [3.05, 3.63) is 261 Å². The molecule has 0 N–H and O–H groups in total. The molecule has 0 aliphatic rings. The Morgan fingerprint density at radius 2 is 0.578 bits per heavy atom. The van der Waals surface area contributed by atoms with Gasteiger partial charge in [0.15, 0.2) is 0 Å². The lowest BCUT2D eigenvalue weighted by atomic mass is 10.0. The van der Waals surface area contributed by atoms with Gasteiger partial charge >= 0.3 is 0 Å². The molecule has 0 radical (unpaired) electrons. The summed E-state index contributed by atoms with van der Waals surface area (Å²) >= 11 is 1.85. The average molecular weight is 838 g/mol. The molecule has 1 heterocycles. The van der Waals surface area contributed by atoms with E-state index >= 15 is 0 Å². The van der Waals surface area contributed by atoms with Gasteiger partial charge in [-0.1, -0.05) is 146 Å². The summed E-state index contributed by atoms with van der Waals surface area (Å²) < 4.78 is 2.59. The predicted octanol–water partition coefficient (Wildman–Crippen LogP) is 17.8. The molecule has 4 heteroatoms. The lowest BCUT2D eigenvalue weighted by molar-refractivity contribution is 1.25. The number of thiophene rings is 1. The van der Waals surface area contributed by atoms with Crippen LogP contribution in [0.15, 0.2) is 261 Å². The number of anilines is 9. The molecule has 304 valence electrons. The van der Waals surface area contributed by atoms with E-state index in [1.165, 1.54) is 31.3 Å². The normalized spacial score (nSPS) is 11.1. The summed E-state index contributed by atoms with van der Waals surface area (Å²) in [6.45, 7) is 0. The molecule has 0 unspecified atom stereocenters. The molecule has 11 rings (SSSR count). The maximum Gasteiger partial charge on any atom is 0.0488 e. The van der Waals surface area contributed by atoms with Crippen LogP contribution in [0.2, 0.25) is 0 Å². The molecule has 0 atom stereocenters. The number of para-hydroxylation sites is 4. The zero-order valence-corrected chi connectivity index (χ0v) is 35.9. The van der Waals surface area contributed by atoms with Gasteiger partial charge in [0.05, 0.1) is 0 Å². The second-order valence-electron chi connectivity index (χ2n) is 15.8. The fourth-order valence-corrected chi connectivity index (χ4v) is 9.87. The Morgan fingerprint density at radius 1 is 0.203 bits per heavy atom. The van der Waals surface area contributed by atoms with Crippen molar-refractivity contribution in [1.29, 1.82) is 0 Å². The van der Waals surface area contributed by atoms with Gasteiger partial charge in [-0.15, -0.1) is 11.3 Å². The molecule has 1 aromatic heterocycles. The van der Waals surface area contributed by atoms with Gasteiger partial charge in [-0.3, -0.25) is 0 Å². The van der Waals surface area contributed by atoms with E-state index in [2.05, 4.69) is 276 Å². The van der Waals surface area contributed by atoms with Crippen molar-refractivity contribution < 1.29 is 0 Å². The van der Waals surface area contributed by atoms with Gasteiger partial charge in [0.1, 0.15) is 0 Å². The number of hydrogen-bond acceptors (Lipinski definition) is 4. The smallest absolute Gasteiger partial charge is 0.0488 e. The second kappa shape index (κ2) is 17.3. The van der Waals surface area contributed by atoms with Crippen molar-refractivity contribution in [3.63, 3.8) is 0 Å². The minimum atomic E-state index is 1.04. The minimum absolute atomic E-state index is 1.04. The van der Waals surface area contributed by atoms with E-state index in [0.717, 1.165) is 62.3 Å². The zero-order valence-electron chi connectivity index (χ0n) is 35.1. The number of benzene rings is 10. The van der Waals surface area contributed by atoms with Gasteiger partial charge in [0, 0.05) is 71.4 Å². The van der Waals surface area contributed by atoms with E-state index in [4.69, 9.17) is 0 Å². The topological polar surface area (TPSA) is 9.72 Å². The van der Waals surface area contributed by atoms with Crippen LogP contribution in [0.25, 0.3) is 42.4 Å². The molecule has 10 aromatic carbocycles. The zero-order chi connectivity index (χ0) is 42.7. The van der Waals surface area contributed by atoms with Gasteiger partial charge in [0.25, 0.3) is 0 Å². The predicted molar refractivity (Wildman–Crippen MR) is 274 cm³/mol. The van der Waals surface area contributed by atoms with Crippen molar-refractivity contribution in [1.82, 2.24) is 0 Å². The van der Waals surface area contributed by atoms with Crippen LogP contribution in [0.4, 0.5) is 51.2 Å². The molecule has 0 aliphatic carbocycles. The Morgan fingerprint density at radius 3 is 1.14 bits per heavy atom. The molecule has 0 bridgehead atoms. The first kappa shape index (κ1) is 38.7. The van der Waals surface area contributed by atoms with Crippen LogP contribution in [0.5, 0.6) is 0 Å². The summed E-state index contributed by atoms with van der Waals surface area (Å²) in [5.41, 5.74) is 14.3. The van der Waals surface area contributed by atoms with Gasteiger partial charge < -0.3 is 14.7 Å². The first-order valence-electron chi connectivity index (χ1n) is 21.7. The average Bonchev–Trinajstić information content (AvgIpc) is 3.74. The van der Waals surface area contributed by atoms with E-state index < -0.39 is 0 Å². The molecule has 0 fully saturated rings. The lowest BCUT2D eigenvalue weighted by Crippen LogP contribution is -2.13. The molecule has 0 amide bonds. The molecule has 0 spiro atoms. The molecule has 3 nitrogen and oxygen atoms in total. The molecule has 64 heavy (non-hydrogen) atoms. The van der Waals surface area contributed by atoms with Gasteiger partial charge in [-0.2, -0.15) is 0 Å². The Kier molecular flexibility index (Phi) is 10.5. The highest BCUT2D eigenvalue weighted by atomic mass is 32.1. The molecular formula is C60H43N3S. The third-order valence-electron chi connectivity index (χ3n) is 11.8. The number of rotatable bonds is 11. The lowest BCUT2D eigenvalue weighted by Gasteiger charge is -2.30. The Hall–Kier alpha value is -8.18. The van der Waals surface area contributed by atoms with E-state index in [-0.39, 0.29) is 0 Å². The third-order valence-corrected chi connectivity index (χ3v) is 12.9. The summed E-state index contributed by atoms with van der Waals surface area (Å²) in [5.74, 6) is 0. The maximum atomic E-state index is 2.38. The van der Waals surface area contributed by atoms with Crippen LogP contribution in [0, 0.1) is 0 Å². The van der Waals surface area contributed by atoms with Crippen LogP contribution in [-0.4, -0.2) is 0 Å². The molecular weight excluding hydrogens is 795 g/mol. The van der Waals surface area contributed by atoms with E-state index in [9.17, 15) is 0 Å². The number of nitrogens with zero attached hydrogens (tertiary/aromatic N) is 3. The second-order valence-corrected chi connectivity index (χ2v) is 16.9. The van der Waals surface area contributed by atoms with Crippen molar-refractivity contribution in [3.8, 4) is 22.3 Å². The quantitative estimate of drug-likeness (QED) is 0.128. The van der Waals surface area contributed by atoms with Crippen LogP contribution in [-0.2, 0) is 0 Å². The van der Waals surface area contributed by atoms with Gasteiger partial charge in [-0.05, 0) is 138 Å². The highest BCUT2D eigenvalue weighted by Gasteiger charge is 2.21. The highest BCUT2D eigenvalue weighted by Crippen LogP contribution is 2.45. The summed E-state index contributed by atoms with van der Waals surface area (Å²) in [6, 6.07) is 93.8. The molecule has 0 aliphatic heterocycles. The Balaban J connectivity index is 1.11. The maximum absolute atomic E-state index is 2.38.